The highest BCUT2D eigenvalue weighted by molar-refractivity contribution is 6.31. The van der Waals surface area contributed by atoms with Crippen LogP contribution in [0.25, 0.3) is 11.3 Å². The molecule has 110 valence electrons. The molecule has 0 aliphatic carbocycles. The number of hydrogen-bond donors (Lipinski definition) is 1. The van der Waals surface area contributed by atoms with Gasteiger partial charge in [0.25, 0.3) is 0 Å². The topological polar surface area (TPSA) is 25.2 Å². The number of rotatable bonds is 5. The van der Waals surface area contributed by atoms with Gasteiger partial charge in [0.15, 0.2) is 0 Å². The SMILES string of the molecule is CCC(C)NCc1ccc(-c2cccc(Cl)c2C)o1.Cl. The standard InChI is InChI=1S/C16H20ClNO.ClH/c1-4-11(2)18-10-13-8-9-16(19-13)14-6-5-7-15(17)12(14)3;/h5-9,11,18H,4,10H2,1-3H3;1H. The quantitative estimate of drug-likeness (QED) is 0.818. The first-order valence-electron chi connectivity index (χ1n) is 6.69. The second kappa shape index (κ2) is 7.72. The smallest absolute Gasteiger partial charge is 0.134 e. The van der Waals surface area contributed by atoms with Crippen LogP contribution in [-0.2, 0) is 6.54 Å². The maximum absolute atomic E-state index is 6.14. The summed E-state index contributed by atoms with van der Waals surface area (Å²) in [6.07, 6.45) is 1.11. The van der Waals surface area contributed by atoms with Crippen molar-refractivity contribution in [3.63, 3.8) is 0 Å². The number of hydrogen-bond acceptors (Lipinski definition) is 2. The van der Waals surface area contributed by atoms with E-state index in [2.05, 4.69) is 19.2 Å². The lowest BCUT2D eigenvalue weighted by Gasteiger charge is -2.09. The number of nitrogens with one attached hydrogen (secondary N) is 1. The van der Waals surface area contributed by atoms with E-state index < -0.39 is 0 Å². The first-order valence-corrected chi connectivity index (χ1v) is 7.07. The molecule has 0 aliphatic rings. The van der Waals surface area contributed by atoms with Gasteiger partial charge in [-0.15, -0.1) is 12.4 Å². The van der Waals surface area contributed by atoms with E-state index in [1.165, 1.54) is 0 Å². The van der Waals surface area contributed by atoms with E-state index in [0.29, 0.717) is 6.04 Å². The van der Waals surface area contributed by atoms with Crippen molar-refractivity contribution in [1.29, 1.82) is 0 Å². The molecule has 1 atom stereocenters. The van der Waals surface area contributed by atoms with Crippen LogP contribution in [0, 0.1) is 6.92 Å². The molecule has 0 amide bonds. The van der Waals surface area contributed by atoms with Crippen LogP contribution in [0.3, 0.4) is 0 Å². The largest absolute Gasteiger partial charge is 0.460 e. The maximum atomic E-state index is 6.14. The van der Waals surface area contributed by atoms with Crippen molar-refractivity contribution in [3.8, 4) is 11.3 Å². The first kappa shape index (κ1) is 17.1. The van der Waals surface area contributed by atoms with E-state index in [4.69, 9.17) is 16.0 Å². The van der Waals surface area contributed by atoms with Crippen molar-refractivity contribution in [1.82, 2.24) is 5.32 Å². The van der Waals surface area contributed by atoms with E-state index in [0.717, 1.165) is 40.6 Å². The molecule has 0 fully saturated rings. The fourth-order valence-corrected chi connectivity index (χ4v) is 2.09. The molecule has 0 spiro atoms. The molecule has 0 aliphatic heterocycles. The minimum Gasteiger partial charge on any atom is -0.460 e. The van der Waals surface area contributed by atoms with Gasteiger partial charge in [-0.25, -0.2) is 0 Å². The van der Waals surface area contributed by atoms with Crippen LogP contribution < -0.4 is 5.32 Å². The molecule has 1 unspecified atom stereocenters. The summed E-state index contributed by atoms with van der Waals surface area (Å²) >= 11 is 6.14. The summed E-state index contributed by atoms with van der Waals surface area (Å²) in [7, 11) is 0. The lowest BCUT2D eigenvalue weighted by atomic mass is 10.1. The third kappa shape index (κ3) is 4.02. The van der Waals surface area contributed by atoms with Crippen LogP contribution in [0.1, 0.15) is 31.6 Å². The van der Waals surface area contributed by atoms with Crippen molar-refractivity contribution in [2.24, 2.45) is 0 Å². The molecule has 1 heterocycles. The molecule has 2 nitrogen and oxygen atoms in total. The Labute approximate surface area is 131 Å². The third-order valence-corrected chi connectivity index (χ3v) is 3.84. The lowest BCUT2D eigenvalue weighted by Crippen LogP contribution is -2.24. The first-order chi connectivity index (χ1) is 9.11. The van der Waals surface area contributed by atoms with Gasteiger partial charge in [0.1, 0.15) is 11.5 Å². The molecule has 1 aromatic heterocycles. The van der Waals surface area contributed by atoms with E-state index in [9.17, 15) is 0 Å². The van der Waals surface area contributed by atoms with E-state index in [-0.39, 0.29) is 12.4 Å². The minimum atomic E-state index is 0. The molecule has 0 saturated carbocycles. The van der Waals surface area contributed by atoms with Crippen molar-refractivity contribution in [2.45, 2.75) is 39.8 Å². The summed E-state index contributed by atoms with van der Waals surface area (Å²) in [5.74, 6) is 1.83. The Bertz CT molecular complexity index is 551. The average molecular weight is 314 g/mol. The van der Waals surface area contributed by atoms with Gasteiger partial charge >= 0.3 is 0 Å². The molecule has 0 bridgehead atoms. The highest BCUT2D eigenvalue weighted by Gasteiger charge is 2.09. The predicted octanol–water partition coefficient (Wildman–Crippen LogP) is 5.22. The van der Waals surface area contributed by atoms with Gasteiger partial charge in [0.05, 0.1) is 6.54 Å². The second-order valence-electron chi connectivity index (χ2n) is 4.87. The van der Waals surface area contributed by atoms with Gasteiger partial charge in [-0.05, 0) is 44.0 Å². The highest BCUT2D eigenvalue weighted by Crippen LogP contribution is 2.29. The van der Waals surface area contributed by atoms with Crippen LogP contribution >= 0.6 is 24.0 Å². The Morgan fingerprint density at radius 3 is 2.70 bits per heavy atom. The molecule has 1 aromatic carbocycles. The molecule has 2 aromatic rings. The Morgan fingerprint density at radius 1 is 1.25 bits per heavy atom. The van der Waals surface area contributed by atoms with Gasteiger partial charge in [0.2, 0.25) is 0 Å². The van der Waals surface area contributed by atoms with Crippen molar-refractivity contribution in [2.75, 3.05) is 0 Å². The van der Waals surface area contributed by atoms with Crippen LogP contribution in [0.5, 0.6) is 0 Å². The van der Waals surface area contributed by atoms with Gasteiger partial charge in [-0.2, -0.15) is 0 Å². The molecule has 20 heavy (non-hydrogen) atoms. The Kier molecular flexibility index (Phi) is 6.60. The van der Waals surface area contributed by atoms with Crippen LogP contribution in [0.15, 0.2) is 34.7 Å². The molecule has 4 heteroatoms. The maximum Gasteiger partial charge on any atom is 0.134 e. The van der Waals surface area contributed by atoms with Crippen molar-refractivity contribution in [3.05, 3.63) is 46.7 Å². The minimum absolute atomic E-state index is 0. The van der Waals surface area contributed by atoms with Gasteiger partial charge < -0.3 is 9.73 Å². The van der Waals surface area contributed by atoms with E-state index >= 15 is 0 Å². The molecule has 2 rings (SSSR count). The van der Waals surface area contributed by atoms with Gasteiger partial charge in [0, 0.05) is 16.6 Å². The van der Waals surface area contributed by atoms with Crippen LogP contribution in [-0.4, -0.2) is 6.04 Å². The van der Waals surface area contributed by atoms with Crippen molar-refractivity contribution < 1.29 is 4.42 Å². The summed E-state index contributed by atoms with van der Waals surface area (Å²) < 4.78 is 5.88. The summed E-state index contributed by atoms with van der Waals surface area (Å²) in [6.45, 7) is 7.11. The normalized spacial score (nSPS) is 12.0. The Hall–Kier alpha value is -0.960. The Morgan fingerprint density at radius 2 is 2.00 bits per heavy atom. The van der Waals surface area contributed by atoms with Gasteiger partial charge in [-0.3, -0.25) is 0 Å². The zero-order chi connectivity index (χ0) is 13.8. The van der Waals surface area contributed by atoms with E-state index in [1.54, 1.807) is 0 Å². The van der Waals surface area contributed by atoms with E-state index in [1.807, 2.05) is 37.3 Å². The van der Waals surface area contributed by atoms with Crippen LogP contribution in [0.2, 0.25) is 5.02 Å². The fourth-order valence-electron chi connectivity index (χ4n) is 1.91. The van der Waals surface area contributed by atoms with Crippen molar-refractivity contribution >= 4 is 24.0 Å². The number of benzene rings is 1. The third-order valence-electron chi connectivity index (χ3n) is 3.43. The zero-order valence-electron chi connectivity index (χ0n) is 12.1. The number of halogens is 2. The summed E-state index contributed by atoms with van der Waals surface area (Å²) in [5, 5.41) is 4.19. The zero-order valence-corrected chi connectivity index (χ0v) is 13.6. The number of furan rings is 1. The van der Waals surface area contributed by atoms with Crippen LogP contribution in [0.4, 0.5) is 0 Å². The lowest BCUT2D eigenvalue weighted by molar-refractivity contribution is 0.456. The Balaban J connectivity index is 0.00000200. The summed E-state index contributed by atoms with van der Waals surface area (Å²) in [4.78, 5) is 0. The second-order valence-corrected chi connectivity index (χ2v) is 5.28. The fraction of sp³-hybridized carbons (Fsp3) is 0.375. The molecule has 1 N–H and O–H groups in total. The summed E-state index contributed by atoms with van der Waals surface area (Å²) in [5.41, 5.74) is 2.11. The highest BCUT2D eigenvalue weighted by atomic mass is 35.5. The monoisotopic (exact) mass is 313 g/mol. The van der Waals surface area contributed by atoms with Gasteiger partial charge in [-0.1, -0.05) is 30.7 Å². The predicted molar refractivity (Wildman–Crippen MR) is 87.7 cm³/mol. The molecule has 0 radical (unpaired) electrons. The summed E-state index contributed by atoms with van der Waals surface area (Å²) in [6, 6.07) is 10.4. The molecular formula is C16H21Cl2NO. The average Bonchev–Trinajstić information content (AvgIpc) is 2.87. The molecule has 0 saturated heterocycles. The molecular weight excluding hydrogens is 293 g/mol.